The molecule has 0 amide bonds. The molecule has 0 N–H and O–H groups in total. The van der Waals surface area contributed by atoms with Crippen molar-refractivity contribution < 1.29 is 18.9 Å². The summed E-state index contributed by atoms with van der Waals surface area (Å²) in [5.41, 5.74) is 6.90. The zero-order chi connectivity index (χ0) is 25.1. The predicted octanol–water partition coefficient (Wildman–Crippen LogP) is 7.19. The summed E-state index contributed by atoms with van der Waals surface area (Å²) in [6, 6.07) is 31.2. The van der Waals surface area contributed by atoms with Crippen LogP contribution in [0.1, 0.15) is 39.7 Å². The Morgan fingerprint density at radius 1 is 0.528 bits per heavy atom. The van der Waals surface area contributed by atoms with Crippen LogP contribution in [0.25, 0.3) is 11.6 Å². The fourth-order valence-electron chi connectivity index (χ4n) is 5.29. The molecule has 182 valence electrons. The summed E-state index contributed by atoms with van der Waals surface area (Å²) >= 11 is 0. The number of benzene rings is 4. The number of hydrogen-bond acceptors (Lipinski definition) is 4. The highest BCUT2D eigenvalue weighted by Crippen LogP contribution is 2.54. The molecule has 0 aliphatic heterocycles. The van der Waals surface area contributed by atoms with Crippen molar-refractivity contribution in [2.45, 2.75) is 11.8 Å². The number of para-hydroxylation sites is 2. The van der Waals surface area contributed by atoms with Crippen molar-refractivity contribution in [2.24, 2.45) is 0 Å². The molecule has 1 aliphatic rings. The topological polar surface area (TPSA) is 36.9 Å². The summed E-state index contributed by atoms with van der Waals surface area (Å²) in [6.45, 7) is 0. The second-order valence-corrected chi connectivity index (χ2v) is 8.77. The highest BCUT2D eigenvalue weighted by molar-refractivity contribution is 5.92. The van der Waals surface area contributed by atoms with E-state index in [0.29, 0.717) is 0 Å². The van der Waals surface area contributed by atoms with E-state index in [0.717, 1.165) is 39.7 Å². The highest BCUT2D eigenvalue weighted by atomic mass is 16.5. The van der Waals surface area contributed by atoms with Crippen LogP contribution in [0.5, 0.6) is 23.0 Å². The van der Waals surface area contributed by atoms with Crippen molar-refractivity contribution in [2.75, 3.05) is 28.4 Å². The summed E-state index contributed by atoms with van der Waals surface area (Å²) < 4.78 is 22.8. The molecule has 4 nitrogen and oxygen atoms in total. The Balaban J connectivity index is 1.83. The van der Waals surface area contributed by atoms with Gasteiger partial charge in [0.05, 0.1) is 28.4 Å². The Hall–Kier alpha value is -4.18. The molecule has 0 saturated heterocycles. The van der Waals surface area contributed by atoms with Gasteiger partial charge < -0.3 is 18.9 Å². The van der Waals surface area contributed by atoms with Gasteiger partial charge in [0, 0.05) is 23.0 Å². The van der Waals surface area contributed by atoms with E-state index in [1.807, 2.05) is 42.5 Å². The highest BCUT2D eigenvalue weighted by Gasteiger charge is 2.37. The Morgan fingerprint density at radius 3 is 1.86 bits per heavy atom. The Bertz CT molecular complexity index is 1390. The summed E-state index contributed by atoms with van der Waals surface area (Å²) in [5.74, 6) is 3.36. The third kappa shape index (κ3) is 4.20. The first-order chi connectivity index (χ1) is 17.7. The molecule has 4 aromatic rings. The molecule has 2 atom stereocenters. The minimum absolute atomic E-state index is 0.0215. The van der Waals surface area contributed by atoms with Crippen LogP contribution in [-0.2, 0) is 0 Å². The maximum Gasteiger partial charge on any atom is 0.126 e. The molecular formula is C32H30O4. The van der Waals surface area contributed by atoms with Crippen molar-refractivity contribution in [3.05, 3.63) is 119 Å². The fraction of sp³-hybridized carbons (Fsp3) is 0.188. The zero-order valence-corrected chi connectivity index (χ0v) is 21.0. The second-order valence-electron chi connectivity index (χ2n) is 8.77. The second kappa shape index (κ2) is 10.2. The van der Waals surface area contributed by atoms with Crippen LogP contribution in [0.4, 0.5) is 0 Å². The maximum atomic E-state index is 5.89. The number of fused-ring (bicyclic) bond motifs is 1. The maximum absolute atomic E-state index is 5.89. The predicted molar refractivity (Wildman–Crippen MR) is 144 cm³/mol. The van der Waals surface area contributed by atoms with E-state index in [1.165, 1.54) is 16.7 Å². The van der Waals surface area contributed by atoms with Gasteiger partial charge in [-0.1, -0.05) is 54.6 Å². The Kier molecular flexibility index (Phi) is 6.68. The Morgan fingerprint density at radius 2 is 1.17 bits per heavy atom. The third-order valence-corrected chi connectivity index (χ3v) is 6.98. The molecular weight excluding hydrogens is 448 g/mol. The van der Waals surface area contributed by atoms with Crippen molar-refractivity contribution in [3.63, 3.8) is 0 Å². The van der Waals surface area contributed by atoms with Crippen molar-refractivity contribution in [3.8, 4) is 23.0 Å². The van der Waals surface area contributed by atoms with E-state index in [2.05, 4.69) is 54.6 Å². The summed E-state index contributed by atoms with van der Waals surface area (Å²) in [5, 5.41) is 0. The van der Waals surface area contributed by atoms with Crippen LogP contribution in [0.15, 0.2) is 91.0 Å². The number of ether oxygens (including phenoxy) is 4. The minimum Gasteiger partial charge on any atom is -0.497 e. The molecule has 4 aromatic carbocycles. The molecule has 1 aliphatic carbocycles. The van der Waals surface area contributed by atoms with Gasteiger partial charge >= 0.3 is 0 Å². The van der Waals surface area contributed by atoms with Crippen molar-refractivity contribution >= 4 is 11.6 Å². The molecule has 36 heavy (non-hydrogen) atoms. The summed E-state index contributed by atoms with van der Waals surface area (Å²) in [6.07, 6.45) is 2.27. The lowest BCUT2D eigenvalue weighted by Crippen LogP contribution is -2.20. The van der Waals surface area contributed by atoms with E-state index in [4.69, 9.17) is 18.9 Å². The number of allylic oxidation sites excluding steroid dienone is 1. The molecule has 0 radical (unpaired) electrons. The van der Waals surface area contributed by atoms with E-state index in [9.17, 15) is 0 Å². The smallest absolute Gasteiger partial charge is 0.126 e. The van der Waals surface area contributed by atoms with Gasteiger partial charge in [0.15, 0.2) is 0 Å². The lowest BCUT2D eigenvalue weighted by Gasteiger charge is -2.36. The molecule has 5 rings (SSSR count). The zero-order valence-electron chi connectivity index (χ0n) is 21.0. The molecule has 0 saturated carbocycles. The van der Waals surface area contributed by atoms with Gasteiger partial charge in [-0.3, -0.25) is 0 Å². The van der Waals surface area contributed by atoms with Gasteiger partial charge in [0.25, 0.3) is 0 Å². The molecule has 4 heteroatoms. The monoisotopic (exact) mass is 478 g/mol. The molecule has 0 spiro atoms. The summed E-state index contributed by atoms with van der Waals surface area (Å²) in [7, 11) is 6.85. The van der Waals surface area contributed by atoms with Crippen LogP contribution in [0.2, 0.25) is 0 Å². The van der Waals surface area contributed by atoms with E-state index in [-0.39, 0.29) is 11.8 Å². The van der Waals surface area contributed by atoms with Crippen LogP contribution in [0.3, 0.4) is 0 Å². The minimum atomic E-state index is -0.0215. The van der Waals surface area contributed by atoms with Gasteiger partial charge in [0.2, 0.25) is 0 Å². The lowest BCUT2D eigenvalue weighted by atomic mass is 9.67. The average molecular weight is 479 g/mol. The molecule has 0 heterocycles. The van der Waals surface area contributed by atoms with Crippen molar-refractivity contribution in [1.29, 1.82) is 0 Å². The van der Waals surface area contributed by atoms with E-state index >= 15 is 0 Å². The van der Waals surface area contributed by atoms with Crippen molar-refractivity contribution in [1.82, 2.24) is 0 Å². The van der Waals surface area contributed by atoms with Gasteiger partial charge in [-0.25, -0.2) is 0 Å². The van der Waals surface area contributed by atoms with Gasteiger partial charge in [-0.05, 0) is 64.7 Å². The van der Waals surface area contributed by atoms with Gasteiger partial charge in [-0.2, -0.15) is 0 Å². The molecule has 0 unspecified atom stereocenters. The summed E-state index contributed by atoms with van der Waals surface area (Å²) in [4.78, 5) is 0. The van der Waals surface area contributed by atoms with Crippen LogP contribution in [-0.4, -0.2) is 28.4 Å². The number of methoxy groups -OCH3 is 4. The molecule has 0 bridgehead atoms. The van der Waals surface area contributed by atoms with E-state index in [1.54, 1.807) is 28.4 Å². The quantitative estimate of drug-likeness (QED) is 0.282. The van der Waals surface area contributed by atoms with Gasteiger partial charge in [0.1, 0.15) is 23.0 Å². The SMILES string of the molecule is COc1ccc([C@@H]2c3ccc(OC)cc3C=C(c3ccccc3OC)[C@H]2c2ccccc2OC)cc1. The number of rotatable bonds is 7. The molecule has 0 fully saturated rings. The first-order valence-corrected chi connectivity index (χ1v) is 12.0. The standard InChI is InChI=1S/C32H30O4/c1-33-23-15-13-21(14-16-23)31-25-18-17-24(34-2)19-22(25)20-28(26-9-5-7-11-29(26)35-3)32(31)27-10-6-8-12-30(27)36-4/h5-20,31-32H,1-4H3/t31-,32-/m1/s1. The van der Waals surface area contributed by atoms with Crippen LogP contribution < -0.4 is 18.9 Å². The first kappa shape index (κ1) is 23.6. The first-order valence-electron chi connectivity index (χ1n) is 12.0. The fourth-order valence-corrected chi connectivity index (χ4v) is 5.29. The molecule has 0 aromatic heterocycles. The average Bonchev–Trinajstić information content (AvgIpc) is 2.95. The van der Waals surface area contributed by atoms with Gasteiger partial charge in [-0.15, -0.1) is 0 Å². The van der Waals surface area contributed by atoms with Crippen LogP contribution >= 0.6 is 0 Å². The van der Waals surface area contributed by atoms with Crippen LogP contribution in [0, 0.1) is 0 Å². The Labute approximate surface area is 212 Å². The normalized spacial score (nSPS) is 16.5. The largest absolute Gasteiger partial charge is 0.497 e. The van der Waals surface area contributed by atoms with E-state index < -0.39 is 0 Å². The number of hydrogen-bond donors (Lipinski definition) is 0. The lowest BCUT2D eigenvalue weighted by molar-refractivity contribution is 0.405. The third-order valence-electron chi connectivity index (χ3n) is 6.98.